The Labute approximate surface area is 82.9 Å². The Hall–Kier alpha value is -1.06. The minimum absolute atomic E-state index is 0.312. The van der Waals surface area contributed by atoms with Gasteiger partial charge in [-0.1, -0.05) is 24.4 Å². The molecule has 1 saturated carbocycles. The molecular formula is C10H16N2O2. The second-order valence-corrected chi connectivity index (χ2v) is 4.11. The van der Waals surface area contributed by atoms with Crippen LogP contribution < -0.4 is 5.76 Å². The molecule has 1 fully saturated rings. The molecule has 0 aromatic carbocycles. The normalized spacial score (nSPS) is 18.6. The van der Waals surface area contributed by atoms with Gasteiger partial charge in [0.05, 0.1) is 0 Å². The van der Waals surface area contributed by atoms with Gasteiger partial charge in [-0.3, -0.25) is 9.09 Å². The van der Waals surface area contributed by atoms with Crippen LogP contribution in [0.1, 0.15) is 37.9 Å². The molecule has 1 heterocycles. The highest BCUT2D eigenvalue weighted by atomic mass is 16.5. The molecule has 0 amide bonds. The third-order valence-electron chi connectivity index (χ3n) is 3.03. The van der Waals surface area contributed by atoms with E-state index in [0.717, 1.165) is 6.54 Å². The smallest absolute Gasteiger partial charge is 0.296 e. The molecule has 0 bridgehead atoms. The van der Waals surface area contributed by atoms with E-state index in [4.69, 9.17) is 0 Å². The highest BCUT2D eigenvalue weighted by Crippen LogP contribution is 2.24. The van der Waals surface area contributed by atoms with Crippen molar-refractivity contribution in [1.29, 1.82) is 0 Å². The van der Waals surface area contributed by atoms with Crippen LogP contribution >= 0.6 is 0 Å². The van der Waals surface area contributed by atoms with Crippen molar-refractivity contribution < 1.29 is 4.52 Å². The molecule has 0 unspecified atom stereocenters. The first-order valence-electron chi connectivity index (χ1n) is 5.30. The molecular weight excluding hydrogens is 180 g/mol. The zero-order valence-electron chi connectivity index (χ0n) is 8.53. The second kappa shape index (κ2) is 3.98. The number of aromatic nitrogens is 2. The van der Waals surface area contributed by atoms with E-state index in [9.17, 15) is 4.79 Å². The molecule has 1 aliphatic carbocycles. The van der Waals surface area contributed by atoms with Gasteiger partial charge >= 0.3 is 5.76 Å². The average Bonchev–Trinajstić information content (AvgIpc) is 2.51. The molecule has 4 nitrogen and oxygen atoms in total. The van der Waals surface area contributed by atoms with E-state index in [2.05, 4.69) is 9.68 Å². The highest BCUT2D eigenvalue weighted by Gasteiger charge is 2.16. The first kappa shape index (κ1) is 9.49. The van der Waals surface area contributed by atoms with Crippen molar-refractivity contribution in [3.05, 3.63) is 16.4 Å². The molecule has 2 rings (SSSR count). The zero-order chi connectivity index (χ0) is 9.97. The maximum atomic E-state index is 11.2. The topological polar surface area (TPSA) is 48.0 Å². The maximum Gasteiger partial charge on any atom is 0.441 e. The third kappa shape index (κ3) is 1.89. The van der Waals surface area contributed by atoms with Crippen LogP contribution in [-0.2, 0) is 6.54 Å². The quantitative estimate of drug-likeness (QED) is 0.723. The van der Waals surface area contributed by atoms with Crippen molar-refractivity contribution in [2.45, 2.75) is 45.6 Å². The van der Waals surface area contributed by atoms with Gasteiger partial charge in [0.15, 0.2) is 5.82 Å². The molecule has 0 saturated heterocycles. The van der Waals surface area contributed by atoms with E-state index < -0.39 is 0 Å². The first-order chi connectivity index (χ1) is 6.77. The highest BCUT2D eigenvalue weighted by molar-refractivity contribution is 4.80. The standard InChI is InChI=1S/C10H16N2O2/c1-8-11-14-10(13)12(8)7-9-5-3-2-4-6-9/h9H,2-7H2,1H3. The lowest BCUT2D eigenvalue weighted by atomic mass is 9.89. The Morgan fingerprint density at radius 2 is 2.14 bits per heavy atom. The molecule has 1 aliphatic rings. The van der Waals surface area contributed by atoms with E-state index in [-0.39, 0.29) is 5.76 Å². The molecule has 0 aliphatic heterocycles. The van der Waals surface area contributed by atoms with Gasteiger partial charge in [-0.25, -0.2) is 4.79 Å². The average molecular weight is 196 g/mol. The monoisotopic (exact) mass is 196 g/mol. The lowest BCUT2D eigenvalue weighted by molar-refractivity contribution is 0.304. The van der Waals surface area contributed by atoms with Gasteiger partial charge in [0.25, 0.3) is 0 Å². The summed E-state index contributed by atoms with van der Waals surface area (Å²) >= 11 is 0. The molecule has 0 radical (unpaired) electrons. The lowest BCUT2D eigenvalue weighted by Gasteiger charge is -2.21. The molecule has 4 heteroatoms. The molecule has 1 aromatic heterocycles. The molecule has 0 atom stereocenters. The summed E-state index contributed by atoms with van der Waals surface area (Å²) in [5.41, 5.74) is 0. The minimum Gasteiger partial charge on any atom is -0.296 e. The van der Waals surface area contributed by atoms with Gasteiger partial charge in [0.2, 0.25) is 0 Å². The Balaban J connectivity index is 2.06. The van der Waals surface area contributed by atoms with Gasteiger partial charge in [-0.2, -0.15) is 0 Å². The van der Waals surface area contributed by atoms with Crippen molar-refractivity contribution >= 4 is 0 Å². The van der Waals surface area contributed by atoms with Crippen LogP contribution in [0, 0.1) is 12.8 Å². The molecule has 0 spiro atoms. The largest absolute Gasteiger partial charge is 0.441 e. The maximum absolute atomic E-state index is 11.2. The number of aryl methyl sites for hydroxylation is 1. The molecule has 78 valence electrons. The number of nitrogens with zero attached hydrogens (tertiary/aromatic N) is 2. The van der Waals surface area contributed by atoms with Crippen molar-refractivity contribution in [3.8, 4) is 0 Å². The third-order valence-corrected chi connectivity index (χ3v) is 3.03. The molecule has 0 N–H and O–H groups in total. The summed E-state index contributed by atoms with van der Waals surface area (Å²) in [7, 11) is 0. The minimum atomic E-state index is -0.312. The second-order valence-electron chi connectivity index (χ2n) is 4.11. The SMILES string of the molecule is Cc1noc(=O)n1CC1CCCCC1. The van der Waals surface area contributed by atoms with Gasteiger partial charge in [-0.15, -0.1) is 0 Å². The van der Waals surface area contributed by atoms with Gasteiger partial charge in [0.1, 0.15) is 0 Å². The van der Waals surface area contributed by atoms with Crippen LogP contribution in [0.25, 0.3) is 0 Å². The predicted octanol–water partition coefficient (Wildman–Crippen LogP) is 1.73. The number of hydrogen-bond acceptors (Lipinski definition) is 3. The Kier molecular flexibility index (Phi) is 2.70. The Morgan fingerprint density at radius 1 is 1.43 bits per heavy atom. The first-order valence-corrected chi connectivity index (χ1v) is 5.30. The fourth-order valence-electron chi connectivity index (χ4n) is 2.17. The summed E-state index contributed by atoms with van der Waals surface area (Å²) in [5, 5.41) is 3.66. The van der Waals surface area contributed by atoms with Crippen molar-refractivity contribution in [1.82, 2.24) is 9.72 Å². The Morgan fingerprint density at radius 3 is 2.71 bits per heavy atom. The summed E-state index contributed by atoms with van der Waals surface area (Å²) < 4.78 is 6.24. The fraction of sp³-hybridized carbons (Fsp3) is 0.800. The summed E-state index contributed by atoms with van der Waals surface area (Å²) in [6.45, 7) is 2.60. The predicted molar refractivity (Wildman–Crippen MR) is 52.1 cm³/mol. The zero-order valence-corrected chi connectivity index (χ0v) is 8.53. The van der Waals surface area contributed by atoms with E-state index in [0.29, 0.717) is 11.7 Å². The van der Waals surface area contributed by atoms with E-state index in [1.54, 1.807) is 4.57 Å². The van der Waals surface area contributed by atoms with Crippen LogP contribution in [0.5, 0.6) is 0 Å². The van der Waals surface area contributed by atoms with Crippen molar-refractivity contribution in [2.24, 2.45) is 5.92 Å². The van der Waals surface area contributed by atoms with Crippen LogP contribution in [0.2, 0.25) is 0 Å². The van der Waals surface area contributed by atoms with E-state index in [1.165, 1.54) is 32.1 Å². The van der Waals surface area contributed by atoms with Crippen molar-refractivity contribution in [3.63, 3.8) is 0 Å². The van der Waals surface area contributed by atoms with Gasteiger partial charge in [0, 0.05) is 6.54 Å². The fourth-order valence-corrected chi connectivity index (χ4v) is 2.17. The Bertz CT molecular complexity index is 347. The van der Waals surface area contributed by atoms with Gasteiger partial charge < -0.3 is 0 Å². The number of rotatable bonds is 2. The number of hydrogen-bond donors (Lipinski definition) is 0. The van der Waals surface area contributed by atoms with E-state index in [1.807, 2.05) is 6.92 Å². The van der Waals surface area contributed by atoms with E-state index >= 15 is 0 Å². The summed E-state index contributed by atoms with van der Waals surface area (Å²) in [6, 6.07) is 0. The molecule has 1 aromatic rings. The molecule has 14 heavy (non-hydrogen) atoms. The van der Waals surface area contributed by atoms with Crippen LogP contribution in [0.4, 0.5) is 0 Å². The van der Waals surface area contributed by atoms with Crippen LogP contribution in [0.15, 0.2) is 9.32 Å². The summed E-state index contributed by atoms with van der Waals surface area (Å²) in [6.07, 6.45) is 6.40. The van der Waals surface area contributed by atoms with Crippen LogP contribution in [0.3, 0.4) is 0 Å². The summed E-state index contributed by atoms with van der Waals surface area (Å²) in [5.74, 6) is 1.02. The van der Waals surface area contributed by atoms with Gasteiger partial charge in [-0.05, 0) is 25.7 Å². The van der Waals surface area contributed by atoms with Crippen molar-refractivity contribution in [2.75, 3.05) is 0 Å². The van der Waals surface area contributed by atoms with Crippen LogP contribution in [-0.4, -0.2) is 9.72 Å². The lowest BCUT2D eigenvalue weighted by Crippen LogP contribution is -2.22. The summed E-state index contributed by atoms with van der Waals surface area (Å²) in [4.78, 5) is 11.2.